The second-order valence-corrected chi connectivity index (χ2v) is 18.8. The molecule has 0 aromatic rings. The molecule has 0 bridgehead atoms. The topological polar surface area (TPSA) is 105 Å². The molecule has 4 aliphatic carbocycles. The molecule has 0 aromatic heterocycles. The molecule has 3 saturated carbocycles. The molecule has 9 heteroatoms. The summed E-state index contributed by atoms with van der Waals surface area (Å²) in [4.78, 5) is 12.7. The molecule has 0 spiro atoms. The molecule has 9 atom stereocenters. The van der Waals surface area contributed by atoms with Crippen molar-refractivity contribution in [2.45, 2.75) is 150 Å². The number of ether oxygens (including phenoxy) is 6. The number of allylic oxidation sites excluding steroid dienone is 1. The average Bonchev–Trinajstić information content (AvgIpc) is 3.46. The fourth-order valence-electron chi connectivity index (χ4n) is 10.6. The van der Waals surface area contributed by atoms with Crippen molar-refractivity contribution >= 4 is 6.09 Å². The summed E-state index contributed by atoms with van der Waals surface area (Å²) in [5.74, 6) is 5.02. The second kappa shape index (κ2) is 21.3. The molecule has 0 aliphatic heterocycles. The lowest BCUT2D eigenvalue weighted by atomic mass is 9.47. The van der Waals surface area contributed by atoms with Crippen LogP contribution in [0.3, 0.4) is 0 Å². The van der Waals surface area contributed by atoms with E-state index in [1.54, 1.807) is 5.57 Å². The molecule has 308 valence electrons. The number of carbonyl (C=O) groups is 1. The van der Waals surface area contributed by atoms with Gasteiger partial charge in [0, 0.05) is 19.6 Å². The van der Waals surface area contributed by atoms with Crippen LogP contribution in [-0.4, -0.2) is 95.0 Å². The van der Waals surface area contributed by atoms with Gasteiger partial charge in [0.15, 0.2) is 0 Å². The monoisotopic (exact) mass is 750 g/mol. The summed E-state index contributed by atoms with van der Waals surface area (Å²) in [5.41, 5.74) is 2.06. The van der Waals surface area contributed by atoms with Gasteiger partial charge in [0.05, 0.1) is 58.5 Å². The molecule has 4 aliphatic rings. The van der Waals surface area contributed by atoms with Crippen molar-refractivity contribution in [3.05, 3.63) is 11.6 Å². The van der Waals surface area contributed by atoms with E-state index in [1.165, 1.54) is 51.4 Å². The van der Waals surface area contributed by atoms with Gasteiger partial charge in [-0.05, 0) is 118 Å². The Bertz CT molecular complexity index is 1110. The van der Waals surface area contributed by atoms with Crippen LogP contribution in [0.1, 0.15) is 132 Å². The Kier molecular flexibility index (Phi) is 17.9. The molecular weight excluding hydrogens is 670 g/mol. The smallest absolute Gasteiger partial charge is 0.407 e. The zero-order valence-corrected chi connectivity index (χ0v) is 35.1. The van der Waals surface area contributed by atoms with Gasteiger partial charge >= 0.3 is 6.09 Å². The van der Waals surface area contributed by atoms with Gasteiger partial charge < -0.3 is 38.8 Å². The molecule has 1 amide bonds. The van der Waals surface area contributed by atoms with Gasteiger partial charge in [0.1, 0.15) is 12.2 Å². The first-order valence-electron chi connectivity index (χ1n) is 21.5. The number of aliphatic hydroxyl groups excluding tert-OH is 1. The Balaban J connectivity index is 1.02. The van der Waals surface area contributed by atoms with Crippen molar-refractivity contribution in [1.29, 1.82) is 0 Å². The van der Waals surface area contributed by atoms with Crippen LogP contribution < -0.4 is 5.32 Å². The maximum atomic E-state index is 12.7. The minimum atomic E-state index is -0.643. The molecule has 53 heavy (non-hydrogen) atoms. The summed E-state index contributed by atoms with van der Waals surface area (Å²) in [6.45, 7) is 22.7. The van der Waals surface area contributed by atoms with Gasteiger partial charge in [0.2, 0.25) is 0 Å². The lowest BCUT2D eigenvalue weighted by Gasteiger charge is -2.58. The number of fused-ring (bicyclic) bond motifs is 5. The summed E-state index contributed by atoms with van der Waals surface area (Å²) in [6.07, 6.45) is 16.3. The maximum absolute atomic E-state index is 12.7. The number of nitrogens with one attached hydrogen (secondary N) is 1. The Hall–Kier alpha value is -1.23. The van der Waals surface area contributed by atoms with Gasteiger partial charge in [-0.25, -0.2) is 4.79 Å². The van der Waals surface area contributed by atoms with E-state index in [9.17, 15) is 9.90 Å². The quantitative estimate of drug-likeness (QED) is 0.0790. The summed E-state index contributed by atoms with van der Waals surface area (Å²) in [7, 11) is 0. The molecule has 4 rings (SSSR count). The average molecular weight is 750 g/mol. The summed E-state index contributed by atoms with van der Waals surface area (Å²) < 4.78 is 33.6. The highest BCUT2D eigenvalue weighted by molar-refractivity contribution is 5.67. The van der Waals surface area contributed by atoms with Crippen LogP contribution in [0.15, 0.2) is 11.6 Å². The van der Waals surface area contributed by atoms with Crippen LogP contribution in [0.5, 0.6) is 0 Å². The lowest BCUT2D eigenvalue weighted by molar-refractivity contribution is -0.0766. The van der Waals surface area contributed by atoms with E-state index in [0.717, 1.165) is 61.2 Å². The highest BCUT2D eigenvalue weighted by atomic mass is 16.6. The van der Waals surface area contributed by atoms with Crippen molar-refractivity contribution in [2.24, 2.45) is 46.3 Å². The van der Waals surface area contributed by atoms with Crippen LogP contribution >= 0.6 is 0 Å². The zero-order chi connectivity index (χ0) is 38.5. The lowest BCUT2D eigenvalue weighted by Crippen LogP contribution is -2.51. The van der Waals surface area contributed by atoms with Crippen molar-refractivity contribution in [3.8, 4) is 0 Å². The first-order valence-corrected chi connectivity index (χ1v) is 21.5. The van der Waals surface area contributed by atoms with E-state index in [4.69, 9.17) is 28.4 Å². The molecular formula is C44H79NO8. The Labute approximate surface area is 323 Å². The number of hydrogen-bond donors (Lipinski definition) is 2. The van der Waals surface area contributed by atoms with Crippen molar-refractivity contribution in [3.63, 3.8) is 0 Å². The Morgan fingerprint density at radius 1 is 0.849 bits per heavy atom. The fraction of sp³-hybridized carbons (Fsp3) is 0.932. The van der Waals surface area contributed by atoms with E-state index in [1.807, 2.05) is 20.8 Å². The van der Waals surface area contributed by atoms with E-state index in [-0.39, 0.29) is 36.4 Å². The number of carbonyl (C=O) groups excluding carboxylic acids is 1. The predicted octanol–water partition coefficient (Wildman–Crippen LogP) is 8.76. The summed E-state index contributed by atoms with van der Waals surface area (Å²) >= 11 is 0. The summed E-state index contributed by atoms with van der Waals surface area (Å²) in [6, 6.07) is 0. The highest BCUT2D eigenvalue weighted by Crippen LogP contribution is 2.67. The number of aliphatic hydroxyl groups is 1. The van der Waals surface area contributed by atoms with Crippen molar-refractivity contribution in [1.82, 2.24) is 5.32 Å². The van der Waals surface area contributed by atoms with Crippen LogP contribution in [-0.2, 0) is 28.4 Å². The van der Waals surface area contributed by atoms with Crippen molar-refractivity contribution < 1.29 is 38.3 Å². The molecule has 3 fully saturated rings. The normalized spacial score (nSPS) is 31.0. The SMILES string of the molecule is CC(C)CCC[C@@H](C)C1CC[C@H]2[C@@H]3CC=C4C[C@@H](OC(=O)NCCCOCCOCCOCCOCC(O)COC(C)(C)C)CC[C@]4(C)[C@H]3CC[C@]12C. The summed E-state index contributed by atoms with van der Waals surface area (Å²) in [5, 5.41) is 12.8. The molecule has 0 heterocycles. The van der Waals surface area contributed by atoms with Gasteiger partial charge in [-0.3, -0.25) is 0 Å². The van der Waals surface area contributed by atoms with Gasteiger partial charge in [0.25, 0.3) is 0 Å². The molecule has 0 radical (unpaired) electrons. The number of rotatable bonds is 23. The number of alkyl carbamates (subject to hydrolysis) is 1. The van der Waals surface area contributed by atoms with E-state index in [2.05, 4.69) is 46.0 Å². The fourth-order valence-corrected chi connectivity index (χ4v) is 10.6. The molecule has 0 saturated heterocycles. The van der Waals surface area contributed by atoms with Crippen LogP contribution in [0.25, 0.3) is 0 Å². The maximum Gasteiger partial charge on any atom is 0.407 e. The minimum absolute atomic E-state index is 0.0291. The van der Waals surface area contributed by atoms with E-state index >= 15 is 0 Å². The van der Waals surface area contributed by atoms with E-state index in [0.29, 0.717) is 58.2 Å². The second-order valence-electron chi connectivity index (χ2n) is 18.8. The third-order valence-electron chi connectivity index (χ3n) is 13.4. The zero-order valence-electron chi connectivity index (χ0n) is 35.1. The van der Waals surface area contributed by atoms with E-state index < -0.39 is 6.10 Å². The standard InChI is InChI=1S/C44H79NO8/c1-32(2)11-9-12-33(3)38-15-16-39-37-14-13-34-29-36(17-19-43(34,7)40(37)18-20-44(38,39)8)53-41(47)45-21-10-22-48-23-24-49-25-26-50-27-28-51-30-35(46)31-52-42(4,5)6/h13,32-33,35-40,46H,9-12,14-31H2,1-8H3,(H,45,47)/t33-,35?,36+,37+,38?,39+,40+,43+,44-/m1/s1. The largest absolute Gasteiger partial charge is 0.446 e. The highest BCUT2D eigenvalue weighted by Gasteiger charge is 2.59. The number of hydrogen-bond acceptors (Lipinski definition) is 8. The van der Waals surface area contributed by atoms with Crippen LogP contribution in [0.2, 0.25) is 0 Å². The molecule has 2 unspecified atom stereocenters. The first-order chi connectivity index (χ1) is 25.2. The molecule has 2 N–H and O–H groups in total. The van der Waals surface area contributed by atoms with Crippen LogP contribution in [0, 0.1) is 46.3 Å². The predicted molar refractivity (Wildman–Crippen MR) is 211 cm³/mol. The van der Waals surface area contributed by atoms with Gasteiger partial charge in [-0.15, -0.1) is 0 Å². The Morgan fingerprint density at radius 2 is 1.53 bits per heavy atom. The third-order valence-corrected chi connectivity index (χ3v) is 13.4. The third kappa shape index (κ3) is 13.4. The number of amides is 1. The molecule has 9 nitrogen and oxygen atoms in total. The molecule has 0 aromatic carbocycles. The van der Waals surface area contributed by atoms with Crippen molar-refractivity contribution in [2.75, 3.05) is 66.0 Å². The van der Waals surface area contributed by atoms with Gasteiger partial charge in [-0.1, -0.05) is 65.5 Å². The first kappa shape index (κ1) is 44.5. The van der Waals surface area contributed by atoms with Gasteiger partial charge in [-0.2, -0.15) is 0 Å². The Morgan fingerprint density at radius 3 is 2.21 bits per heavy atom. The minimum Gasteiger partial charge on any atom is -0.446 e. The van der Waals surface area contributed by atoms with Crippen LogP contribution in [0.4, 0.5) is 4.79 Å².